The third kappa shape index (κ3) is 3.04. The lowest BCUT2D eigenvalue weighted by Gasteiger charge is -2.43. The Bertz CT molecular complexity index is 1140. The van der Waals surface area contributed by atoms with Crippen molar-refractivity contribution < 1.29 is 9.18 Å². The number of benzene rings is 3. The number of nitrogens with one attached hydrogen (secondary N) is 2. The van der Waals surface area contributed by atoms with E-state index in [2.05, 4.69) is 41.0 Å². The van der Waals surface area contributed by atoms with Gasteiger partial charge in [0.15, 0.2) is 0 Å². The third-order valence-electron chi connectivity index (χ3n) is 7.63. The highest BCUT2D eigenvalue weighted by Crippen LogP contribution is 2.63. The van der Waals surface area contributed by atoms with E-state index in [1.54, 1.807) is 18.2 Å². The van der Waals surface area contributed by atoms with E-state index in [0.29, 0.717) is 29.4 Å². The molecule has 1 amide bonds. The molecule has 1 aliphatic heterocycles. The second kappa shape index (κ2) is 7.23. The first-order valence-corrected chi connectivity index (χ1v) is 11.2. The van der Waals surface area contributed by atoms with Gasteiger partial charge in [-0.15, -0.1) is 0 Å². The summed E-state index contributed by atoms with van der Waals surface area (Å²) < 4.78 is 14.0. The Hall–Kier alpha value is -3.14. The number of rotatable bonds is 3. The molecule has 2 bridgehead atoms. The van der Waals surface area contributed by atoms with Crippen molar-refractivity contribution in [1.82, 2.24) is 0 Å². The zero-order chi connectivity index (χ0) is 20.9. The van der Waals surface area contributed by atoms with Gasteiger partial charge in [0.05, 0.1) is 11.7 Å². The zero-order valence-electron chi connectivity index (χ0n) is 17.2. The molecule has 3 nitrogen and oxygen atoms in total. The SMILES string of the molecule is O=C(Nc1ccccc1F)c1ccc2c(c1)[C@H]1[C@H]3CC[C@@H](C3)[C@@H]1[C@H](c1ccccc1)N2. The highest BCUT2D eigenvalue weighted by atomic mass is 19.1. The molecule has 0 aromatic heterocycles. The Labute approximate surface area is 181 Å². The van der Waals surface area contributed by atoms with Gasteiger partial charge in [0.2, 0.25) is 0 Å². The summed E-state index contributed by atoms with van der Waals surface area (Å²) in [5, 5.41) is 6.53. The van der Waals surface area contributed by atoms with Crippen molar-refractivity contribution in [3.8, 4) is 0 Å². The van der Waals surface area contributed by atoms with E-state index >= 15 is 0 Å². The summed E-state index contributed by atoms with van der Waals surface area (Å²) in [5.74, 6) is 1.76. The van der Waals surface area contributed by atoms with Crippen LogP contribution in [0.5, 0.6) is 0 Å². The molecule has 31 heavy (non-hydrogen) atoms. The van der Waals surface area contributed by atoms with Crippen molar-refractivity contribution in [2.45, 2.75) is 31.2 Å². The monoisotopic (exact) mass is 412 g/mol. The molecule has 0 radical (unpaired) electrons. The number of carbonyl (C=O) groups is 1. The van der Waals surface area contributed by atoms with Crippen LogP contribution in [0, 0.1) is 23.6 Å². The van der Waals surface area contributed by atoms with Gasteiger partial charge in [0.25, 0.3) is 5.91 Å². The predicted molar refractivity (Wildman–Crippen MR) is 121 cm³/mol. The van der Waals surface area contributed by atoms with Gasteiger partial charge < -0.3 is 10.6 Å². The van der Waals surface area contributed by atoms with Gasteiger partial charge in [-0.05, 0) is 84.4 Å². The molecule has 0 unspecified atom stereocenters. The molecule has 156 valence electrons. The van der Waals surface area contributed by atoms with E-state index in [1.807, 2.05) is 18.2 Å². The largest absolute Gasteiger partial charge is 0.378 e. The first kappa shape index (κ1) is 18.6. The van der Waals surface area contributed by atoms with Crippen LogP contribution < -0.4 is 10.6 Å². The van der Waals surface area contributed by atoms with Crippen LogP contribution in [0.2, 0.25) is 0 Å². The van der Waals surface area contributed by atoms with Gasteiger partial charge in [0.1, 0.15) is 5.82 Å². The molecule has 3 aliphatic rings. The van der Waals surface area contributed by atoms with Crippen molar-refractivity contribution in [3.63, 3.8) is 0 Å². The van der Waals surface area contributed by atoms with Crippen molar-refractivity contribution in [2.75, 3.05) is 10.6 Å². The Kier molecular flexibility index (Phi) is 4.34. The molecule has 2 N–H and O–H groups in total. The van der Waals surface area contributed by atoms with E-state index in [0.717, 1.165) is 11.6 Å². The maximum absolute atomic E-state index is 14.0. The van der Waals surface area contributed by atoms with E-state index in [1.165, 1.54) is 36.5 Å². The third-order valence-corrected chi connectivity index (χ3v) is 7.63. The van der Waals surface area contributed by atoms with Crippen LogP contribution in [0.4, 0.5) is 15.8 Å². The average molecular weight is 413 g/mol. The van der Waals surface area contributed by atoms with Crippen molar-refractivity contribution in [3.05, 3.63) is 95.3 Å². The molecule has 6 rings (SSSR count). The normalized spacial score (nSPS) is 27.8. The zero-order valence-corrected chi connectivity index (χ0v) is 17.2. The van der Waals surface area contributed by atoms with Gasteiger partial charge in [-0.3, -0.25) is 4.79 Å². The Morgan fingerprint density at radius 1 is 0.935 bits per heavy atom. The molecule has 0 spiro atoms. The summed E-state index contributed by atoms with van der Waals surface area (Å²) >= 11 is 0. The fraction of sp³-hybridized carbons (Fsp3) is 0.296. The average Bonchev–Trinajstić information content (AvgIpc) is 3.43. The van der Waals surface area contributed by atoms with E-state index < -0.39 is 5.82 Å². The second-order valence-electron chi connectivity index (χ2n) is 9.21. The molecule has 2 saturated carbocycles. The Morgan fingerprint density at radius 2 is 1.71 bits per heavy atom. The maximum Gasteiger partial charge on any atom is 0.255 e. The Morgan fingerprint density at radius 3 is 2.55 bits per heavy atom. The summed E-state index contributed by atoms with van der Waals surface area (Å²) in [6.07, 6.45) is 3.86. The standard InChI is InChI=1S/C27H25FN2O/c28-21-8-4-5-9-23(21)30-27(31)19-12-13-22-20(15-19)24-17-10-11-18(14-17)25(24)26(29-22)16-6-2-1-3-7-16/h1-9,12-13,15,17-18,24-26,29H,10-11,14H2,(H,30,31)/t17-,18-,24+,25-,26-/m0/s1. The molecule has 2 aliphatic carbocycles. The minimum atomic E-state index is -0.422. The van der Waals surface area contributed by atoms with E-state index in [9.17, 15) is 9.18 Å². The van der Waals surface area contributed by atoms with Gasteiger partial charge in [-0.25, -0.2) is 4.39 Å². The summed E-state index contributed by atoms with van der Waals surface area (Å²) in [4.78, 5) is 12.9. The van der Waals surface area contributed by atoms with Gasteiger partial charge in [-0.1, -0.05) is 42.5 Å². The molecular weight excluding hydrogens is 387 g/mol. The predicted octanol–water partition coefficient (Wildman–Crippen LogP) is 6.37. The van der Waals surface area contributed by atoms with Crippen LogP contribution in [0.3, 0.4) is 0 Å². The molecule has 5 atom stereocenters. The second-order valence-corrected chi connectivity index (χ2v) is 9.21. The number of hydrogen-bond donors (Lipinski definition) is 2. The smallest absolute Gasteiger partial charge is 0.255 e. The number of anilines is 2. The highest BCUT2D eigenvalue weighted by Gasteiger charge is 2.53. The molecule has 3 aromatic rings. The minimum absolute atomic E-state index is 0.213. The molecular formula is C27H25FN2O. The van der Waals surface area contributed by atoms with Crippen molar-refractivity contribution >= 4 is 17.3 Å². The lowest BCUT2D eigenvalue weighted by Crippen LogP contribution is -2.35. The number of halogens is 1. The van der Waals surface area contributed by atoms with Crippen LogP contribution in [-0.4, -0.2) is 5.91 Å². The van der Waals surface area contributed by atoms with E-state index in [4.69, 9.17) is 0 Å². The lowest BCUT2D eigenvalue weighted by molar-refractivity contribution is 0.102. The minimum Gasteiger partial charge on any atom is -0.378 e. The van der Waals surface area contributed by atoms with Gasteiger partial charge in [0, 0.05) is 11.3 Å². The molecule has 2 fully saturated rings. The maximum atomic E-state index is 14.0. The number of para-hydroxylation sites is 1. The number of carbonyl (C=O) groups excluding carboxylic acids is 1. The fourth-order valence-corrected chi connectivity index (χ4v) is 6.37. The number of fused-ring (bicyclic) bond motifs is 7. The highest BCUT2D eigenvalue weighted by molar-refractivity contribution is 6.04. The molecule has 4 heteroatoms. The number of amides is 1. The first-order valence-electron chi connectivity index (χ1n) is 11.2. The van der Waals surface area contributed by atoms with Crippen LogP contribution >= 0.6 is 0 Å². The Balaban J connectivity index is 1.36. The molecule has 3 aromatic carbocycles. The molecule has 0 saturated heterocycles. The topological polar surface area (TPSA) is 41.1 Å². The van der Waals surface area contributed by atoms with Crippen LogP contribution in [0.25, 0.3) is 0 Å². The lowest BCUT2D eigenvalue weighted by atomic mass is 9.68. The van der Waals surface area contributed by atoms with Crippen LogP contribution in [0.1, 0.15) is 52.7 Å². The van der Waals surface area contributed by atoms with Crippen LogP contribution in [0.15, 0.2) is 72.8 Å². The summed E-state index contributed by atoms with van der Waals surface area (Å²) in [6.45, 7) is 0. The van der Waals surface area contributed by atoms with E-state index in [-0.39, 0.29) is 11.6 Å². The summed E-state index contributed by atoms with van der Waals surface area (Å²) in [7, 11) is 0. The van der Waals surface area contributed by atoms with Crippen molar-refractivity contribution in [1.29, 1.82) is 0 Å². The van der Waals surface area contributed by atoms with Gasteiger partial charge in [-0.2, -0.15) is 0 Å². The van der Waals surface area contributed by atoms with Crippen molar-refractivity contribution in [2.24, 2.45) is 17.8 Å². The summed E-state index contributed by atoms with van der Waals surface area (Å²) in [5.41, 5.74) is 4.53. The first-order chi connectivity index (χ1) is 15.2. The van der Waals surface area contributed by atoms with Crippen LogP contribution in [-0.2, 0) is 0 Å². The van der Waals surface area contributed by atoms with Gasteiger partial charge >= 0.3 is 0 Å². The quantitative estimate of drug-likeness (QED) is 0.524. The summed E-state index contributed by atoms with van der Waals surface area (Å²) in [6, 6.07) is 23.3. The fourth-order valence-electron chi connectivity index (χ4n) is 6.37. The molecule has 1 heterocycles. The number of hydrogen-bond acceptors (Lipinski definition) is 2.